The number of morpholine rings is 1. The molecule has 2 N–H and O–H groups in total. The van der Waals surface area contributed by atoms with Gasteiger partial charge in [0.05, 0.1) is 23.2 Å². The molecule has 1 heterocycles. The highest BCUT2D eigenvalue weighted by atomic mass is 19.4. The van der Waals surface area contributed by atoms with Crippen LogP contribution >= 0.6 is 0 Å². The molecule has 1 aliphatic rings. The van der Waals surface area contributed by atoms with Crippen LogP contribution in [-0.2, 0) is 10.9 Å². The number of rotatable bonds is 3. The second kappa shape index (κ2) is 5.86. The molecule has 0 radical (unpaired) electrons. The Morgan fingerprint density at radius 3 is 2.76 bits per heavy atom. The first kappa shape index (κ1) is 15.5. The number of non-ortho nitro benzene ring substituents is 1. The van der Waals surface area contributed by atoms with Gasteiger partial charge in [-0.15, -0.1) is 0 Å². The van der Waals surface area contributed by atoms with E-state index in [9.17, 15) is 23.3 Å². The van der Waals surface area contributed by atoms with E-state index >= 15 is 0 Å². The zero-order valence-electron chi connectivity index (χ0n) is 11.0. The van der Waals surface area contributed by atoms with Crippen LogP contribution in [-0.4, -0.2) is 37.3 Å². The molecule has 1 aromatic rings. The van der Waals surface area contributed by atoms with Crippen molar-refractivity contribution >= 4 is 11.4 Å². The smallest absolute Gasteiger partial charge is 0.373 e. The number of nitro groups is 1. The number of nitrogens with zero attached hydrogens (tertiary/aromatic N) is 2. The number of alkyl halides is 3. The van der Waals surface area contributed by atoms with Crippen LogP contribution < -0.4 is 10.6 Å². The Morgan fingerprint density at radius 1 is 1.48 bits per heavy atom. The van der Waals surface area contributed by atoms with Crippen LogP contribution in [0.25, 0.3) is 0 Å². The Balaban J connectivity index is 2.40. The first-order chi connectivity index (χ1) is 9.82. The summed E-state index contributed by atoms with van der Waals surface area (Å²) < 4.78 is 44.7. The van der Waals surface area contributed by atoms with Gasteiger partial charge in [0.2, 0.25) is 0 Å². The highest BCUT2D eigenvalue weighted by Gasteiger charge is 2.37. The molecule has 0 aromatic heterocycles. The highest BCUT2D eigenvalue weighted by molar-refractivity contribution is 5.59. The monoisotopic (exact) mass is 305 g/mol. The van der Waals surface area contributed by atoms with Crippen molar-refractivity contribution in [3.63, 3.8) is 0 Å². The Morgan fingerprint density at radius 2 is 2.19 bits per heavy atom. The van der Waals surface area contributed by atoms with Gasteiger partial charge in [-0.05, 0) is 6.07 Å². The molecule has 1 atom stereocenters. The van der Waals surface area contributed by atoms with Gasteiger partial charge in [0, 0.05) is 37.5 Å². The lowest BCUT2D eigenvalue weighted by Gasteiger charge is -2.35. The highest BCUT2D eigenvalue weighted by Crippen LogP contribution is 2.39. The maximum atomic E-state index is 13.1. The third kappa shape index (κ3) is 3.42. The fourth-order valence-electron chi connectivity index (χ4n) is 2.22. The summed E-state index contributed by atoms with van der Waals surface area (Å²) in [6, 6.07) is 2.75. The Bertz CT molecular complexity index is 536. The summed E-state index contributed by atoms with van der Waals surface area (Å²) in [6.07, 6.45) is -5.02. The summed E-state index contributed by atoms with van der Waals surface area (Å²) in [7, 11) is 0. The van der Waals surface area contributed by atoms with E-state index in [0.29, 0.717) is 6.07 Å². The third-order valence-corrected chi connectivity index (χ3v) is 3.24. The fraction of sp³-hybridized carbons (Fsp3) is 0.500. The van der Waals surface area contributed by atoms with Crippen LogP contribution in [0.5, 0.6) is 0 Å². The molecular formula is C12H14F3N3O3. The van der Waals surface area contributed by atoms with Crippen LogP contribution in [0.15, 0.2) is 18.2 Å². The van der Waals surface area contributed by atoms with Crippen molar-refractivity contribution in [2.45, 2.75) is 12.3 Å². The van der Waals surface area contributed by atoms with Gasteiger partial charge in [0.15, 0.2) is 0 Å². The van der Waals surface area contributed by atoms with Crippen molar-refractivity contribution in [2.75, 3.05) is 31.1 Å². The maximum absolute atomic E-state index is 13.1. The molecule has 0 amide bonds. The van der Waals surface area contributed by atoms with Gasteiger partial charge in [-0.3, -0.25) is 10.1 Å². The minimum Gasteiger partial charge on any atom is -0.373 e. The van der Waals surface area contributed by atoms with Gasteiger partial charge in [0.25, 0.3) is 5.69 Å². The zero-order valence-corrected chi connectivity index (χ0v) is 11.0. The van der Waals surface area contributed by atoms with E-state index in [-0.39, 0.29) is 38.0 Å². The standard InChI is InChI=1S/C12H14F3N3O3/c13-12(14,15)10-5-8(18(19)20)1-2-11(10)17-3-4-21-9(6-16)7-17/h1-2,5,9H,3-4,6-7,16H2. The van der Waals surface area contributed by atoms with E-state index in [4.69, 9.17) is 10.5 Å². The minimum absolute atomic E-state index is 0.0881. The number of nitro benzene ring substituents is 1. The van der Waals surface area contributed by atoms with E-state index < -0.39 is 22.4 Å². The second-order valence-corrected chi connectivity index (χ2v) is 4.63. The summed E-state index contributed by atoms with van der Waals surface area (Å²) in [5, 5.41) is 10.7. The van der Waals surface area contributed by atoms with E-state index in [1.165, 1.54) is 4.90 Å². The van der Waals surface area contributed by atoms with Crippen LogP contribution in [0.2, 0.25) is 0 Å². The summed E-state index contributed by atoms with van der Waals surface area (Å²) >= 11 is 0. The number of ether oxygens (including phenoxy) is 1. The second-order valence-electron chi connectivity index (χ2n) is 4.63. The Labute approximate surface area is 118 Å². The SMILES string of the molecule is NCC1CN(c2ccc([N+](=O)[O-])cc2C(F)(F)F)CCO1. The molecule has 1 saturated heterocycles. The van der Waals surface area contributed by atoms with Crippen molar-refractivity contribution in [3.8, 4) is 0 Å². The van der Waals surface area contributed by atoms with Crippen LogP contribution in [0.3, 0.4) is 0 Å². The molecular weight excluding hydrogens is 291 g/mol. The van der Waals surface area contributed by atoms with Gasteiger partial charge in [0.1, 0.15) is 0 Å². The molecule has 21 heavy (non-hydrogen) atoms. The van der Waals surface area contributed by atoms with Crippen LogP contribution in [0.1, 0.15) is 5.56 Å². The van der Waals surface area contributed by atoms with Gasteiger partial charge < -0.3 is 15.4 Å². The Hall–Kier alpha value is -1.87. The molecule has 9 heteroatoms. The third-order valence-electron chi connectivity index (χ3n) is 3.24. The normalized spacial score (nSPS) is 19.6. The number of hydrogen-bond donors (Lipinski definition) is 1. The quantitative estimate of drug-likeness (QED) is 0.680. The summed E-state index contributed by atoms with van der Waals surface area (Å²) in [5.41, 5.74) is 3.77. The molecule has 6 nitrogen and oxygen atoms in total. The predicted octanol–water partition coefficient (Wildman–Crippen LogP) is 1.78. The summed E-state index contributed by atoms with van der Waals surface area (Å²) in [5.74, 6) is 0. The van der Waals surface area contributed by atoms with Gasteiger partial charge in [-0.2, -0.15) is 13.2 Å². The van der Waals surface area contributed by atoms with Crippen molar-refractivity contribution in [2.24, 2.45) is 5.73 Å². The minimum atomic E-state index is -4.67. The molecule has 1 aromatic carbocycles. The Kier molecular flexibility index (Phi) is 4.33. The van der Waals surface area contributed by atoms with E-state index in [1.54, 1.807) is 0 Å². The molecule has 0 bridgehead atoms. The molecule has 2 rings (SSSR count). The maximum Gasteiger partial charge on any atom is 0.418 e. The average Bonchev–Trinajstić information content (AvgIpc) is 2.45. The zero-order chi connectivity index (χ0) is 15.6. The number of nitrogens with two attached hydrogens (primary N) is 1. The van der Waals surface area contributed by atoms with Crippen molar-refractivity contribution in [1.82, 2.24) is 0 Å². The average molecular weight is 305 g/mol. The van der Waals surface area contributed by atoms with E-state index in [2.05, 4.69) is 0 Å². The van der Waals surface area contributed by atoms with Crippen LogP contribution in [0, 0.1) is 10.1 Å². The van der Waals surface area contributed by atoms with E-state index in [0.717, 1.165) is 12.1 Å². The van der Waals surface area contributed by atoms with E-state index in [1.807, 2.05) is 0 Å². The summed E-state index contributed by atoms with van der Waals surface area (Å²) in [4.78, 5) is 11.3. The topological polar surface area (TPSA) is 81.6 Å². The summed E-state index contributed by atoms with van der Waals surface area (Å²) in [6.45, 7) is 0.954. The lowest BCUT2D eigenvalue weighted by atomic mass is 10.1. The molecule has 0 spiro atoms. The fourth-order valence-corrected chi connectivity index (χ4v) is 2.22. The molecule has 1 unspecified atom stereocenters. The largest absolute Gasteiger partial charge is 0.418 e. The molecule has 116 valence electrons. The molecule has 1 aliphatic heterocycles. The first-order valence-electron chi connectivity index (χ1n) is 6.25. The van der Waals surface area contributed by atoms with Crippen molar-refractivity contribution in [3.05, 3.63) is 33.9 Å². The lowest BCUT2D eigenvalue weighted by molar-refractivity contribution is -0.385. The molecule has 0 saturated carbocycles. The van der Waals surface area contributed by atoms with Crippen LogP contribution in [0.4, 0.5) is 24.5 Å². The first-order valence-corrected chi connectivity index (χ1v) is 6.25. The number of halogens is 3. The van der Waals surface area contributed by atoms with Gasteiger partial charge >= 0.3 is 6.18 Å². The van der Waals surface area contributed by atoms with Crippen molar-refractivity contribution < 1.29 is 22.8 Å². The van der Waals surface area contributed by atoms with Gasteiger partial charge in [-0.1, -0.05) is 0 Å². The molecule has 1 fully saturated rings. The number of hydrogen-bond acceptors (Lipinski definition) is 5. The lowest BCUT2D eigenvalue weighted by Crippen LogP contribution is -2.46. The number of anilines is 1. The van der Waals surface area contributed by atoms with Crippen molar-refractivity contribution in [1.29, 1.82) is 0 Å². The number of benzene rings is 1. The molecule has 0 aliphatic carbocycles. The van der Waals surface area contributed by atoms with Gasteiger partial charge in [-0.25, -0.2) is 0 Å². The predicted molar refractivity (Wildman–Crippen MR) is 69.1 cm³/mol.